The van der Waals surface area contributed by atoms with Crippen molar-refractivity contribution in [3.8, 4) is 11.1 Å². The normalized spacial score (nSPS) is 14.9. The summed E-state index contributed by atoms with van der Waals surface area (Å²) in [6, 6.07) is 50.7. The van der Waals surface area contributed by atoms with Crippen LogP contribution in [0.15, 0.2) is 144 Å². The molecule has 46 heavy (non-hydrogen) atoms. The van der Waals surface area contributed by atoms with Gasteiger partial charge in [0.05, 0.1) is 5.69 Å². The van der Waals surface area contributed by atoms with Gasteiger partial charge in [-0.25, -0.2) is 0 Å². The predicted octanol–water partition coefficient (Wildman–Crippen LogP) is 12.6. The molecule has 0 saturated heterocycles. The Kier molecular flexibility index (Phi) is 5.63. The van der Waals surface area contributed by atoms with E-state index in [0.717, 1.165) is 39.0 Å². The molecule has 9 rings (SSSR count). The van der Waals surface area contributed by atoms with Crippen LogP contribution in [0.2, 0.25) is 0 Å². The number of nitrogens with zero attached hydrogens (tertiary/aromatic N) is 1. The average Bonchev–Trinajstić information content (AvgIpc) is 3.46. The highest BCUT2D eigenvalue weighted by molar-refractivity contribution is 6.17. The zero-order valence-electron chi connectivity index (χ0n) is 26.6. The van der Waals surface area contributed by atoms with E-state index >= 15 is 0 Å². The molecule has 0 atom stereocenters. The van der Waals surface area contributed by atoms with Crippen molar-refractivity contribution in [1.82, 2.24) is 0 Å². The first-order valence-corrected chi connectivity index (χ1v) is 16.2. The van der Waals surface area contributed by atoms with Crippen molar-refractivity contribution in [2.45, 2.75) is 38.5 Å². The highest BCUT2D eigenvalue weighted by Crippen LogP contribution is 2.56. The number of para-hydroxylation sites is 2. The molecule has 8 aromatic rings. The summed E-state index contributed by atoms with van der Waals surface area (Å²) in [5, 5.41) is 7.36. The zero-order chi connectivity index (χ0) is 31.2. The van der Waals surface area contributed by atoms with Gasteiger partial charge in [-0.05, 0) is 80.2 Å². The number of rotatable bonds is 3. The van der Waals surface area contributed by atoms with Crippen LogP contribution in [-0.4, -0.2) is 0 Å². The third-order valence-electron chi connectivity index (χ3n) is 11.0. The molecule has 0 aliphatic heterocycles. The molecule has 0 amide bonds. The molecule has 1 heterocycles. The lowest BCUT2D eigenvalue weighted by atomic mass is 9.54. The van der Waals surface area contributed by atoms with E-state index in [1.165, 1.54) is 43.8 Å². The molecular formula is C44H35NO. The van der Waals surface area contributed by atoms with Crippen LogP contribution >= 0.6 is 0 Å². The van der Waals surface area contributed by atoms with Crippen LogP contribution in [0.4, 0.5) is 17.1 Å². The maximum absolute atomic E-state index is 6.40. The fourth-order valence-electron chi connectivity index (χ4n) is 8.01. The molecule has 0 fully saturated rings. The Hall–Kier alpha value is -5.34. The number of anilines is 3. The molecule has 2 nitrogen and oxygen atoms in total. The highest BCUT2D eigenvalue weighted by Gasteiger charge is 2.46. The van der Waals surface area contributed by atoms with E-state index in [4.69, 9.17) is 4.42 Å². The lowest BCUT2D eigenvalue weighted by molar-refractivity contribution is 0.301. The number of furan rings is 1. The lowest BCUT2D eigenvalue weighted by Crippen LogP contribution is -2.43. The summed E-state index contributed by atoms with van der Waals surface area (Å²) in [5.74, 6) is 0. The van der Waals surface area contributed by atoms with Gasteiger partial charge in [0.1, 0.15) is 11.2 Å². The molecule has 0 unspecified atom stereocenters. The van der Waals surface area contributed by atoms with Crippen LogP contribution in [0.25, 0.3) is 54.6 Å². The number of hydrogen-bond acceptors (Lipinski definition) is 2. The van der Waals surface area contributed by atoms with Gasteiger partial charge < -0.3 is 9.32 Å². The minimum Gasteiger partial charge on any atom is -0.456 e. The summed E-state index contributed by atoms with van der Waals surface area (Å²) in [4.78, 5) is 2.41. The minimum atomic E-state index is -0.124. The van der Waals surface area contributed by atoms with Gasteiger partial charge >= 0.3 is 0 Å². The van der Waals surface area contributed by atoms with Gasteiger partial charge in [-0.3, -0.25) is 0 Å². The maximum Gasteiger partial charge on any atom is 0.137 e. The Morgan fingerprint density at radius 2 is 1.07 bits per heavy atom. The molecule has 0 radical (unpaired) electrons. The second kappa shape index (κ2) is 9.58. The molecule has 1 aliphatic carbocycles. The second-order valence-corrected chi connectivity index (χ2v) is 13.8. The highest BCUT2D eigenvalue weighted by atomic mass is 16.3. The van der Waals surface area contributed by atoms with E-state index in [2.05, 4.69) is 160 Å². The SMILES string of the molecule is CC1(C)c2ccccc2-c2ccc3c(cc(N(c4ccccc4)c4ccc5c(c4)oc4ccccc45)c4ccccc43)c2C1(C)C. The third-order valence-corrected chi connectivity index (χ3v) is 11.0. The number of hydrogen-bond donors (Lipinski definition) is 0. The summed E-state index contributed by atoms with van der Waals surface area (Å²) < 4.78 is 6.40. The maximum atomic E-state index is 6.40. The third kappa shape index (κ3) is 3.64. The van der Waals surface area contributed by atoms with E-state index in [9.17, 15) is 0 Å². The zero-order valence-corrected chi connectivity index (χ0v) is 26.6. The van der Waals surface area contributed by atoms with E-state index in [1.807, 2.05) is 12.1 Å². The summed E-state index contributed by atoms with van der Waals surface area (Å²) in [7, 11) is 0. The fraction of sp³-hybridized carbons (Fsp3) is 0.136. The standard InChI is InChI=1S/C44H35NO/c1-43(2)38-20-12-10-17-32(38)36-25-24-31-30-16-8-9-18-33(30)39(27-37(31)42(36)44(43,3)4)45(28-14-6-5-7-15-28)29-22-23-35-34-19-11-13-21-40(34)46-41(35)26-29/h5-27H,1-4H3. The van der Waals surface area contributed by atoms with Crippen molar-refractivity contribution in [2.75, 3.05) is 4.90 Å². The van der Waals surface area contributed by atoms with Gasteiger partial charge in [0.15, 0.2) is 0 Å². The molecule has 7 aromatic carbocycles. The van der Waals surface area contributed by atoms with Crippen LogP contribution < -0.4 is 4.90 Å². The molecule has 1 aromatic heterocycles. The van der Waals surface area contributed by atoms with Gasteiger partial charge in [-0.2, -0.15) is 0 Å². The van der Waals surface area contributed by atoms with Crippen molar-refractivity contribution in [3.63, 3.8) is 0 Å². The Labute approximate surface area is 269 Å². The molecular weight excluding hydrogens is 558 g/mol. The second-order valence-electron chi connectivity index (χ2n) is 13.8. The quantitative estimate of drug-likeness (QED) is 0.189. The number of benzene rings is 7. The summed E-state index contributed by atoms with van der Waals surface area (Å²) >= 11 is 0. The predicted molar refractivity (Wildman–Crippen MR) is 195 cm³/mol. The molecule has 0 spiro atoms. The fourth-order valence-corrected chi connectivity index (χ4v) is 8.01. The average molecular weight is 594 g/mol. The Balaban J connectivity index is 1.39. The van der Waals surface area contributed by atoms with Gasteiger partial charge in [-0.15, -0.1) is 0 Å². The molecule has 1 aliphatic rings. The largest absolute Gasteiger partial charge is 0.456 e. The minimum absolute atomic E-state index is 0.0673. The topological polar surface area (TPSA) is 16.4 Å². The van der Waals surface area contributed by atoms with Crippen LogP contribution in [0.3, 0.4) is 0 Å². The van der Waals surface area contributed by atoms with Crippen molar-refractivity contribution in [2.24, 2.45) is 0 Å². The summed E-state index contributed by atoms with van der Waals surface area (Å²) in [5.41, 5.74) is 10.5. The van der Waals surface area contributed by atoms with Crippen LogP contribution in [0, 0.1) is 0 Å². The monoisotopic (exact) mass is 593 g/mol. The van der Waals surface area contributed by atoms with E-state index in [-0.39, 0.29) is 10.8 Å². The van der Waals surface area contributed by atoms with Crippen molar-refractivity contribution in [3.05, 3.63) is 151 Å². The summed E-state index contributed by atoms with van der Waals surface area (Å²) in [6.07, 6.45) is 0. The first-order valence-electron chi connectivity index (χ1n) is 16.2. The van der Waals surface area contributed by atoms with Gasteiger partial charge in [0.25, 0.3) is 0 Å². The van der Waals surface area contributed by atoms with Crippen molar-refractivity contribution in [1.29, 1.82) is 0 Å². The van der Waals surface area contributed by atoms with E-state index in [1.54, 1.807) is 0 Å². The van der Waals surface area contributed by atoms with E-state index in [0.29, 0.717) is 0 Å². The van der Waals surface area contributed by atoms with E-state index < -0.39 is 0 Å². The lowest BCUT2D eigenvalue weighted by Gasteiger charge is -2.49. The van der Waals surface area contributed by atoms with Crippen LogP contribution in [0.1, 0.15) is 38.8 Å². The summed E-state index contributed by atoms with van der Waals surface area (Å²) in [6.45, 7) is 9.68. The molecule has 2 heteroatoms. The smallest absolute Gasteiger partial charge is 0.137 e. The van der Waals surface area contributed by atoms with Gasteiger partial charge in [-0.1, -0.05) is 125 Å². The molecule has 0 saturated carbocycles. The Bertz CT molecular complexity index is 2480. The first-order chi connectivity index (χ1) is 22.3. The molecule has 222 valence electrons. The molecule has 0 N–H and O–H groups in total. The van der Waals surface area contributed by atoms with Gasteiger partial charge in [0.2, 0.25) is 0 Å². The molecule has 0 bridgehead atoms. The Morgan fingerprint density at radius 3 is 1.89 bits per heavy atom. The van der Waals surface area contributed by atoms with Gasteiger partial charge in [0, 0.05) is 39.0 Å². The van der Waals surface area contributed by atoms with Crippen molar-refractivity contribution >= 4 is 60.5 Å². The number of fused-ring (bicyclic) bond motifs is 10. The van der Waals surface area contributed by atoms with Crippen molar-refractivity contribution < 1.29 is 4.42 Å². The van der Waals surface area contributed by atoms with Crippen LogP contribution in [-0.2, 0) is 10.8 Å². The Morgan fingerprint density at radius 1 is 0.435 bits per heavy atom. The van der Waals surface area contributed by atoms with Crippen LogP contribution in [0.5, 0.6) is 0 Å². The first kappa shape index (κ1) is 27.0.